The van der Waals surface area contributed by atoms with Crippen LogP contribution in [0.4, 0.5) is 4.39 Å². The number of halogens is 1. The van der Waals surface area contributed by atoms with Gasteiger partial charge >= 0.3 is 0 Å². The highest BCUT2D eigenvalue weighted by Gasteiger charge is 2.23. The van der Waals surface area contributed by atoms with E-state index in [1.165, 1.54) is 12.1 Å². The molecule has 1 rings (SSSR count). The Balaban J connectivity index is 3.03. The first-order chi connectivity index (χ1) is 9.56. The van der Waals surface area contributed by atoms with Crippen LogP contribution in [0.2, 0.25) is 0 Å². The Hall–Kier alpha value is -0.980. The van der Waals surface area contributed by atoms with Gasteiger partial charge in [-0.05, 0) is 57.1 Å². The molecule has 0 saturated heterocycles. The van der Waals surface area contributed by atoms with Gasteiger partial charge in [-0.1, -0.05) is 13.8 Å². The Morgan fingerprint density at radius 1 is 1.19 bits per heavy atom. The molecule has 0 aliphatic heterocycles. The van der Waals surface area contributed by atoms with Crippen molar-refractivity contribution in [3.8, 4) is 0 Å². The van der Waals surface area contributed by atoms with E-state index in [-0.39, 0.29) is 10.9 Å². The van der Waals surface area contributed by atoms with Crippen molar-refractivity contribution in [2.45, 2.75) is 38.6 Å². The van der Waals surface area contributed by atoms with Crippen LogP contribution >= 0.6 is 0 Å². The summed E-state index contributed by atoms with van der Waals surface area (Å²) in [5, 5.41) is 0. The quantitative estimate of drug-likeness (QED) is 0.876. The van der Waals surface area contributed by atoms with Gasteiger partial charge < -0.3 is 4.90 Å². The van der Waals surface area contributed by atoms with E-state index >= 15 is 0 Å². The number of nitrogens with zero attached hydrogens (tertiary/aromatic N) is 1. The summed E-state index contributed by atoms with van der Waals surface area (Å²) < 4.78 is 40.9. The Morgan fingerprint density at radius 3 is 2.05 bits per heavy atom. The van der Waals surface area contributed by atoms with Crippen LogP contribution in [0.25, 0.3) is 0 Å². The highest BCUT2D eigenvalue weighted by atomic mass is 32.2. The minimum Gasteiger partial charge on any atom is -0.305 e. The van der Waals surface area contributed by atoms with Gasteiger partial charge in [-0.25, -0.2) is 17.5 Å². The smallest absolute Gasteiger partial charge is 0.241 e. The molecule has 4 nitrogen and oxygen atoms in total. The second-order valence-electron chi connectivity index (χ2n) is 6.00. The minimum absolute atomic E-state index is 0.0980. The summed E-state index contributed by atoms with van der Waals surface area (Å²) in [6.07, 6.45) is 0. The van der Waals surface area contributed by atoms with Gasteiger partial charge in [0.25, 0.3) is 0 Å². The maximum absolute atomic E-state index is 13.3. The van der Waals surface area contributed by atoms with Gasteiger partial charge in [0.2, 0.25) is 10.0 Å². The van der Waals surface area contributed by atoms with Crippen LogP contribution in [-0.2, 0) is 10.0 Å². The fourth-order valence-corrected chi connectivity index (χ4v) is 4.10. The number of rotatable bonds is 6. The first kappa shape index (κ1) is 18.1. The van der Waals surface area contributed by atoms with Crippen molar-refractivity contribution in [1.82, 2.24) is 9.62 Å². The summed E-state index contributed by atoms with van der Waals surface area (Å²) in [7, 11) is 0.204. The fourth-order valence-electron chi connectivity index (χ4n) is 2.60. The third kappa shape index (κ3) is 4.49. The van der Waals surface area contributed by atoms with Crippen molar-refractivity contribution >= 4 is 10.0 Å². The largest absolute Gasteiger partial charge is 0.305 e. The maximum Gasteiger partial charge on any atom is 0.241 e. The lowest BCUT2D eigenvalue weighted by atomic mass is 10.0. The second kappa shape index (κ2) is 6.85. The Morgan fingerprint density at radius 2 is 1.67 bits per heavy atom. The van der Waals surface area contributed by atoms with E-state index in [0.717, 1.165) is 0 Å². The molecule has 1 N–H and O–H groups in total. The zero-order valence-corrected chi connectivity index (χ0v) is 14.4. The predicted octanol–water partition coefficient (Wildman–Crippen LogP) is 2.31. The normalized spacial score (nSPS) is 14.0. The number of aryl methyl sites for hydroxylation is 2. The van der Waals surface area contributed by atoms with Crippen molar-refractivity contribution in [3.63, 3.8) is 0 Å². The molecule has 0 heterocycles. The van der Waals surface area contributed by atoms with Crippen molar-refractivity contribution in [2.24, 2.45) is 5.92 Å². The molecule has 0 radical (unpaired) electrons. The van der Waals surface area contributed by atoms with Crippen molar-refractivity contribution < 1.29 is 12.8 Å². The van der Waals surface area contributed by atoms with E-state index in [0.29, 0.717) is 23.6 Å². The Kier molecular flexibility index (Phi) is 5.90. The van der Waals surface area contributed by atoms with E-state index in [1.54, 1.807) is 13.8 Å². The van der Waals surface area contributed by atoms with Crippen LogP contribution in [0, 0.1) is 25.6 Å². The van der Waals surface area contributed by atoms with Crippen LogP contribution in [-0.4, -0.2) is 40.0 Å². The number of hydrogen-bond donors (Lipinski definition) is 1. The van der Waals surface area contributed by atoms with Crippen LogP contribution < -0.4 is 4.72 Å². The predicted molar refractivity (Wildman–Crippen MR) is 83.4 cm³/mol. The van der Waals surface area contributed by atoms with Gasteiger partial charge in [0, 0.05) is 12.6 Å². The van der Waals surface area contributed by atoms with Gasteiger partial charge in [-0.2, -0.15) is 0 Å². The van der Waals surface area contributed by atoms with Crippen molar-refractivity contribution in [2.75, 3.05) is 20.6 Å². The molecule has 1 unspecified atom stereocenters. The minimum atomic E-state index is -3.64. The standard InChI is InChI=1S/C15H25FN2O2S/c1-10(2)14(18(5)6)9-17-21(19,20)15-11(3)7-13(16)8-12(15)4/h7-8,10,14,17H,9H2,1-6H3. The summed E-state index contributed by atoms with van der Waals surface area (Å²) in [6, 6.07) is 2.58. The van der Waals surface area contributed by atoms with Crippen molar-refractivity contribution in [1.29, 1.82) is 0 Å². The van der Waals surface area contributed by atoms with Gasteiger partial charge in [-0.3, -0.25) is 0 Å². The molecular formula is C15H25FN2O2S. The third-order valence-electron chi connectivity index (χ3n) is 3.61. The molecule has 1 atom stereocenters. The first-order valence-corrected chi connectivity index (χ1v) is 8.47. The molecule has 0 spiro atoms. The highest BCUT2D eigenvalue weighted by Crippen LogP contribution is 2.21. The monoisotopic (exact) mass is 316 g/mol. The molecule has 21 heavy (non-hydrogen) atoms. The van der Waals surface area contributed by atoms with E-state index < -0.39 is 15.8 Å². The van der Waals surface area contributed by atoms with Gasteiger partial charge in [0.1, 0.15) is 5.82 Å². The molecule has 0 bridgehead atoms. The molecule has 0 aliphatic rings. The number of hydrogen-bond acceptors (Lipinski definition) is 3. The molecule has 0 aromatic heterocycles. The van der Waals surface area contributed by atoms with Gasteiger partial charge in [-0.15, -0.1) is 0 Å². The molecule has 0 amide bonds. The third-order valence-corrected chi connectivity index (χ3v) is 5.34. The Bertz CT molecular complexity index is 567. The zero-order chi connectivity index (χ0) is 16.4. The summed E-state index contributed by atoms with van der Waals surface area (Å²) >= 11 is 0. The molecule has 120 valence electrons. The molecule has 0 saturated carbocycles. The summed E-state index contributed by atoms with van der Waals surface area (Å²) in [6.45, 7) is 7.64. The number of sulfonamides is 1. The summed E-state index contributed by atoms with van der Waals surface area (Å²) in [4.78, 5) is 2.17. The highest BCUT2D eigenvalue weighted by molar-refractivity contribution is 7.89. The average Bonchev–Trinajstić information content (AvgIpc) is 2.25. The van der Waals surface area contributed by atoms with Crippen LogP contribution in [0.15, 0.2) is 17.0 Å². The van der Waals surface area contributed by atoms with Gasteiger partial charge in [0.15, 0.2) is 0 Å². The molecule has 0 aliphatic carbocycles. The lowest BCUT2D eigenvalue weighted by Crippen LogP contribution is -2.43. The lowest BCUT2D eigenvalue weighted by Gasteiger charge is -2.28. The second-order valence-corrected chi connectivity index (χ2v) is 7.70. The van der Waals surface area contributed by atoms with Crippen molar-refractivity contribution in [3.05, 3.63) is 29.1 Å². The average molecular weight is 316 g/mol. The van der Waals surface area contributed by atoms with Crippen LogP contribution in [0.3, 0.4) is 0 Å². The molecule has 6 heteroatoms. The lowest BCUT2D eigenvalue weighted by molar-refractivity contribution is 0.233. The maximum atomic E-state index is 13.3. The SMILES string of the molecule is Cc1cc(F)cc(C)c1S(=O)(=O)NCC(C(C)C)N(C)C. The van der Waals surface area contributed by atoms with E-state index in [9.17, 15) is 12.8 Å². The summed E-state index contributed by atoms with van der Waals surface area (Å²) in [5.41, 5.74) is 0.844. The molecule has 0 fully saturated rings. The van der Waals surface area contributed by atoms with E-state index in [1.807, 2.05) is 32.8 Å². The number of benzene rings is 1. The topological polar surface area (TPSA) is 49.4 Å². The van der Waals surface area contributed by atoms with Crippen LogP contribution in [0.1, 0.15) is 25.0 Å². The Labute approximate surface area is 127 Å². The first-order valence-electron chi connectivity index (χ1n) is 6.99. The zero-order valence-electron chi connectivity index (χ0n) is 13.6. The van der Waals surface area contributed by atoms with E-state index in [2.05, 4.69) is 4.72 Å². The number of nitrogens with one attached hydrogen (secondary N) is 1. The van der Waals surface area contributed by atoms with E-state index in [4.69, 9.17) is 0 Å². The van der Waals surface area contributed by atoms with Crippen LogP contribution in [0.5, 0.6) is 0 Å². The fraction of sp³-hybridized carbons (Fsp3) is 0.600. The molecular weight excluding hydrogens is 291 g/mol. The number of likely N-dealkylation sites (N-methyl/N-ethyl adjacent to an activating group) is 1. The summed E-state index contributed by atoms with van der Waals surface area (Å²) in [5.74, 6) is -0.101. The van der Waals surface area contributed by atoms with Gasteiger partial charge in [0.05, 0.1) is 4.90 Å². The molecule has 1 aromatic carbocycles. The molecule has 1 aromatic rings.